The molecule has 5 aromatic rings. The van der Waals surface area contributed by atoms with E-state index in [1.54, 1.807) is 5.56 Å². The zero-order valence-corrected chi connectivity index (χ0v) is 23.3. The van der Waals surface area contributed by atoms with Crippen LogP contribution in [0.4, 0.5) is 0 Å². The lowest BCUT2D eigenvalue weighted by atomic mass is 9.87. The normalized spacial score (nSPS) is 15.4. The SMILES string of the molecule is Cc1c2c(c(CC(C)C)c3ccccc13)Sc1cc3c(CC4CCCC4)cccc3c3cc[n+](C)c-2c13. The molecular weight excluding hydrogens is 466 g/mol. The number of aryl methyl sites for hydroxylation is 2. The first-order valence-electron chi connectivity index (χ1n) is 14.1. The first kappa shape index (κ1) is 23.3. The minimum Gasteiger partial charge on any atom is -0.200 e. The number of hydrogen-bond acceptors (Lipinski definition) is 1. The average molecular weight is 503 g/mol. The van der Waals surface area contributed by atoms with E-state index in [0.29, 0.717) is 5.92 Å². The van der Waals surface area contributed by atoms with Crippen LogP contribution in [-0.2, 0) is 19.9 Å². The van der Waals surface area contributed by atoms with Gasteiger partial charge in [-0.15, -0.1) is 0 Å². The molecule has 1 aliphatic heterocycles. The van der Waals surface area contributed by atoms with Crippen molar-refractivity contribution in [3.63, 3.8) is 0 Å². The van der Waals surface area contributed by atoms with E-state index >= 15 is 0 Å². The maximum Gasteiger partial charge on any atom is 0.222 e. The van der Waals surface area contributed by atoms with E-state index in [4.69, 9.17) is 0 Å². The van der Waals surface area contributed by atoms with Crippen LogP contribution in [0.15, 0.2) is 70.6 Å². The third kappa shape index (κ3) is 3.63. The van der Waals surface area contributed by atoms with Crippen molar-refractivity contribution >= 4 is 44.1 Å². The zero-order valence-electron chi connectivity index (χ0n) is 22.5. The van der Waals surface area contributed by atoms with Gasteiger partial charge in [-0.2, -0.15) is 0 Å². The molecule has 0 bridgehead atoms. The molecule has 0 saturated heterocycles. The Balaban J connectivity index is 1.56. The maximum atomic E-state index is 2.54. The number of aromatic nitrogens is 1. The summed E-state index contributed by atoms with van der Waals surface area (Å²) in [6.45, 7) is 7.05. The standard InChI is InChI=1S/C35H36NS/c1-21(2)18-30-26-14-8-7-13-25(26)22(3)32-34-33-28(16-17-36(34)4)27-15-9-12-24(19-23-10-5-6-11-23)29(27)20-31(33)37-35(30)32/h7-9,12-17,20-21,23H,5-6,10-11,18-19H2,1-4H3/q+1. The monoisotopic (exact) mass is 502 g/mol. The second-order valence-electron chi connectivity index (χ2n) is 11.9. The predicted molar refractivity (Wildman–Crippen MR) is 159 cm³/mol. The molecule has 0 N–H and O–H groups in total. The zero-order chi connectivity index (χ0) is 25.3. The Kier molecular flexibility index (Phi) is 5.59. The molecule has 2 heterocycles. The average Bonchev–Trinajstić information content (AvgIpc) is 3.41. The van der Waals surface area contributed by atoms with Gasteiger partial charge < -0.3 is 0 Å². The third-order valence-electron chi connectivity index (χ3n) is 8.91. The first-order valence-corrected chi connectivity index (χ1v) is 14.9. The van der Waals surface area contributed by atoms with Crippen molar-refractivity contribution in [3.05, 3.63) is 77.5 Å². The summed E-state index contributed by atoms with van der Waals surface area (Å²) >= 11 is 2.03. The summed E-state index contributed by atoms with van der Waals surface area (Å²) in [6.07, 6.45) is 10.2. The van der Waals surface area contributed by atoms with Gasteiger partial charge in [0.05, 0.1) is 10.9 Å². The van der Waals surface area contributed by atoms with Gasteiger partial charge in [-0.1, -0.05) is 93.8 Å². The summed E-state index contributed by atoms with van der Waals surface area (Å²) < 4.78 is 2.37. The van der Waals surface area contributed by atoms with Crippen LogP contribution in [0.25, 0.3) is 43.6 Å². The van der Waals surface area contributed by atoms with Gasteiger partial charge >= 0.3 is 0 Å². The number of rotatable bonds is 4. The fourth-order valence-corrected chi connectivity index (χ4v) is 8.57. The summed E-state index contributed by atoms with van der Waals surface area (Å²) in [7, 11) is 2.23. The van der Waals surface area contributed by atoms with Crippen molar-refractivity contribution in [1.82, 2.24) is 0 Å². The van der Waals surface area contributed by atoms with Gasteiger partial charge in [-0.25, -0.2) is 4.57 Å². The van der Waals surface area contributed by atoms with Crippen LogP contribution in [0.2, 0.25) is 0 Å². The fourth-order valence-electron chi connectivity index (χ4n) is 7.20. The van der Waals surface area contributed by atoms with E-state index in [2.05, 4.69) is 93.2 Å². The fraction of sp³-hybridized carbons (Fsp3) is 0.343. The number of pyridine rings is 1. The Labute approximate surface area is 224 Å². The molecule has 1 fully saturated rings. The van der Waals surface area contributed by atoms with Crippen molar-refractivity contribution in [1.29, 1.82) is 0 Å². The van der Waals surface area contributed by atoms with E-state index in [0.717, 1.165) is 12.3 Å². The second-order valence-corrected chi connectivity index (χ2v) is 12.9. The highest BCUT2D eigenvalue weighted by molar-refractivity contribution is 8.00. The van der Waals surface area contributed by atoms with E-state index < -0.39 is 0 Å². The summed E-state index contributed by atoms with van der Waals surface area (Å²) in [5.74, 6) is 1.46. The van der Waals surface area contributed by atoms with E-state index in [-0.39, 0.29) is 0 Å². The van der Waals surface area contributed by atoms with Crippen molar-refractivity contribution in [2.24, 2.45) is 18.9 Å². The summed E-state index contributed by atoms with van der Waals surface area (Å²) in [5.41, 5.74) is 7.31. The molecule has 0 spiro atoms. The number of nitrogens with zero attached hydrogens (tertiary/aromatic N) is 1. The van der Waals surface area contributed by atoms with Gasteiger partial charge in [0, 0.05) is 21.2 Å². The molecule has 1 aliphatic carbocycles. The van der Waals surface area contributed by atoms with Gasteiger partial charge in [0.25, 0.3) is 0 Å². The molecular formula is C35H36NS+. The number of hydrogen-bond donors (Lipinski definition) is 0. The van der Waals surface area contributed by atoms with Crippen molar-refractivity contribution in [2.45, 2.75) is 69.1 Å². The van der Waals surface area contributed by atoms with Crippen LogP contribution < -0.4 is 4.57 Å². The van der Waals surface area contributed by atoms with E-state index in [1.807, 2.05) is 11.8 Å². The van der Waals surface area contributed by atoms with Crippen LogP contribution in [0.1, 0.15) is 56.2 Å². The van der Waals surface area contributed by atoms with Crippen LogP contribution in [0, 0.1) is 18.8 Å². The van der Waals surface area contributed by atoms with Crippen molar-refractivity contribution < 1.29 is 4.57 Å². The van der Waals surface area contributed by atoms with Crippen molar-refractivity contribution in [2.75, 3.05) is 0 Å². The smallest absolute Gasteiger partial charge is 0.200 e. The molecule has 1 nitrogen and oxygen atoms in total. The van der Waals surface area contributed by atoms with Gasteiger partial charge in [-0.3, -0.25) is 0 Å². The highest BCUT2D eigenvalue weighted by Gasteiger charge is 2.32. The molecule has 0 amide bonds. The molecule has 37 heavy (non-hydrogen) atoms. The van der Waals surface area contributed by atoms with Gasteiger partial charge in [0.15, 0.2) is 6.20 Å². The highest BCUT2D eigenvalue weighted by Crippen LogP contribution is 2.53. The highest BCUT2D eigenvalue weighted by atomic mass is 32.2. The molecule has 0 unspecified atom stereocenters. The van der Waals surface area contributed by atoms with Crippen LogP contribution in [-0.4, -0.2) is 0 Å². The van der Waals surface area contributed by atoms with Crippen molar-refractivity contribution in [3.8, 4) is 11.3 Å². The van der Waals surface area contributed by atoms with E-state index in [1.165, 1.54) is 96.6 Å². The lowest BCUT2D eigenvalue weighted by molar-refractivity contribution is -0.659. The van der Waals surface area contributed by atoms with Crippen LogP contribution in [0.3, 0.4) is 0 Å². The summed E-state index contributed by atoms with van der Waals surface area (Å²) in [4.78, 5) is 2.91. The molecule has 4 aromatic carbocycles. The molecule has 0 radical (unpaired) electrons. The lowest BCUT2D eigenvalue weighted by Crippen LogP contribution is -2.32. The molecule has 2 aliphatic rings. The Morgan fingerprint density at radius 1 is 0.892 bits per heavy atom. The predicted octanol–water partition coefficient (Wildman–Crippen LogP) is 9.34. The Morgan fingerprint density at radius 2 is 1.65 bits per heavy atom. The molecule has 2 heteroatoms. The Morgan fingerprint density at radius 3 is 2.43 bits per heavy atom. The largest absolute Gasteiger partial charge is 0.222 e. The first-order chi connectivity index (χ1) is 18.0. The van der Waals surface area contributed by atoms with Gasteiger partial charge in [0.2, 0.25) is 5.69 Å². The molecule has 0 atom stereocenters. The number of fused-ring (bicyclic) bond motifs is 5. The number of benzene rings is 4. The van der Waals surface area contributed by atoms with E-state index in [9.17, 15) is 0 Å². The molecule has 1 aromatic heterocycles. The van der Waals surface area contributed by atoms with Gasteiger partial charge in [-0.05, 0) is 75.9 Å². The third-order valence-corrected chi connectivity index (χ3v) is 10.1. The minimum absolute atomic E-state index is 0.608. The second kappa shape index (κ2) is 8.88. The molecule has 7 rings (SSSR count). The Hall–Kier alpha value is -2.84. The minimum atomic E-state index is 0.608. The van der Waals surface area contributed by atoms with Crippen LogP contribution >= 0.6 is 11.8 Å². The molecule has 186 valence electrons. The Bertz CT molecular complexity index is 1700. The summed E-state index contributed by atoms with van der Waals surface area (Å²) in [6, 6.07) is 21.0. The molecule has 1 saturated carbocycles. The van der Waals surface area contributed by atoms with Gasteiger partial charge in [0.1, 0.15) is 7.05 Å². The summed E-state index contributed by atoms with van der Waals surface area (Å²) in [5, 5.41) is 8.56. The lowest BCUT2D eigenvalue weighted by Gasteiger charge is -2.26. The maximum absolute atomic E-state index is 2.54. The topological polar surface area (TPSA) is 3.88 Å². The van der Waals surface area contributed by atoms with Crippen LogP contribution in [0.5, 0.6) is 0 Å². The quantitative estimate of drug-likeness (QED) is 0.171.